The molecule has 0 aliphatic carbocycles. The van der Waals surface area contributed by atoms with Crippen molar-refractivity contribution >= 4 is 11.6 Å². The maximum absolute atomic E-state index is 13.5. The molecule has 0 spiro atoms. The lowest BCUT2D eigenvalue weighted by Gasteiger charge is -2.20. The maximum Gasteiger partial charge on any atom is 0.305 e. The molecule has 2 atom stereocenters. The summed E-state index contributed by atoms with van der Waals surface area (Å²) in [5, 5.41) is 32.5. The first kappa shape index (κ1) is 16.0. The molecule has 0 heterocycles. The van der Waals surface area contributed by atoms with E-state index in [9.17, 15) is 29.5 Å². The van der Waals surface area contributed by atoms with E-state index in [0.717, 1.165) is 12.1 Å². The third kappa shape index (κ3) is 3.72. The van der Waals surface area contributed by atoms with Crippen LogP contribution in [0, 0.1) is 22.9 Å². The number of halogens is 1. The van der Waals surface area contributed by atoms with Gasteiger partial charge in [0.1, 0.15) is 12.2 Å². The fourth-order valence-electron chi connectivity index (χ4n) is 1.71. The SMILES string of the molecule is CC(=O)NCC(O)C(O)c1cc(F)c([N+](=O)[O-])cc1C. The first-order valence-electron chi connectivity index (χ1n) is 5.79. The predicted octanol–water partition coefficient (Wildman–Crippen LogP) is 0.573. The summed E-state index contributed by atoms with van der Waals surface area (Å²) < 4.78 is 13.5. The number of nitro groups is 1. The lowest BCUT2D eigenvalue weighted by molar-refractivity contribution is -0.387. The Balaban J connectivity index is 2.98. The minimum absolute atomic E-state index is 0.0333. The molecule has 0 aromatic heterocycles. The molecule has 3 N–H and O–H groups in total. The molecule has 0 aliphatic heterocycles. The lowest BCUT2D eigenvalue weighted by atomic mass is 9.98. The molecule has 0 fully saturated rings. The van der Waals surface area contributed by atoms with E-state index in [2.05, 4.69) is 5.32 Å². The van der Waals surface area contributed by atoms with Crippen molar-refractivity contribution < 1.29 is 24.3 Å². The van der Waals surface area contributed by atoms with E-state index in [-0.39, 0.29) is 23.6 Å². The number of rotatable bonds is 5. The summed E-state index contributed by atoms with van der Waals surface area (Å²) in [5.74, 6) is -1.48. The Kier molecular flexibility index (Phi) is 5.12. The molecule has 0 saturated carbocycles. The van der Waals surface area contributed by atoms with Gasteiger partial charge in [0.25, 0.3) is 0 Å². The van der Waals surface area contributed by atoms with Gasteiger partial charge < -0.3 is 15.5 Å². The number of nitrogens with one attached hydrogen (secondary N) is 1. The lowest BCUT2D eigenvalue weighted by Crippen LogP contribution is -2.34. The second kappa shape index (κ2) is 6.40. The van der Waals surface area contributed by atoms with Crippen molar-refractivity contribution in [3.63, 3.8) is 0 Å². The molecule has 0 bridgehead atoms. The number of carbonyl (C=O) groups is 1. The first-order valence-corrected chi connectivity index (χ1v) is 5.79. The normalized spacial score (nSPS) is 13.7. The Morgan fingerprint density at radius 3 is 2.60 bits per heavy atom. The number of hydrogen-bond acceptors (Lipinski definition) is 5. The largest absolute Gasteiger partial charge is 0.388 e. The maximum atomic E-state index is 13.5. The van der Waals surface area contributed by atoms with Crippen LogP contribution in [0.25, 0.3) is 0 Å². The van der Waals surface area contributed by atoms with Gasteiger partial charge in [-0.15, -0.1) is 0 Å². The highest BCUT2D eigenvalue weighted by Gasteiger charge is 2.24. The molecule has 2 unspecified atom stereocenters. The van der Waals surface area contributed by atoms with Crippen molar-refractivity contribution in [2.45, 2.75) is 26.1 Å². The average Bonchev–Trinajstić information content (AvgIpc) is 2.36. The molecule has 1 aromatic rings. The fourth-order valence-corrected chi connectivity index (χ4v) is 1.71. The zero-order chi connectivity index (χ0) is 15.4. The molecule has 1 amide bonds. The monoisotopic (exact) mass is 286 g/mol. The van der Waals surface area contributed by atoms with Crippen molar-refractivity contribution in [3.05, 3.63) is 39.2 Å². The molecular weight excluding hydrogens is 271 g/mol. The van der Waals surface area contributed by atoms with Crippen molar-refractivity contribution in [2.24, 2.45) is 0 Å². The summed E-state index contributed by atoms with van der Waals surface area (Å²) in [6.45, 7) is 2.49. The molecule has 0 aliphatic rings. The quantitative estimate of drug-likeness (QED) is 0.541. The number of hydrogen-bond donors (Lipinski definition) is 3. The summed E-state index contributed by atoms with van der Waals surface area (Å²) >= 11 is 0. The molecule has 8 heteroatoms. The number of carbonyl (C=O) groups excluding carboxylic acids is 1. The molecule has 0 saturated heterocycles. The van der Waals surface area contributed by atoms with Crippen molar-refractivity contribution in [1.82, 2.24) is 5.32 Å². The van der Waals surface area contributed by atoms with Gasteiger partial charge in [0, 0.05) is 19.5 Å². The second-order valence-electron chi connectivity index (χ2n) is 4.37. The Hall–Kier alpha value is -2.06. The van der Waals surface area contributed by atoms with Gasteiger partial charge in [-0.3, -0.25) is 14.9 Å². The molecule has 0 radical (unpaired) electrons. The number of aliphatic hydroxyl groups excluding tert-OH is 2. The highest BCUT2D eigenvalue weighted by atomic mass is 19.1. The summed E-state index contributed by atoms with van der Waals surface area (Å²) in [5.41, 5.74) is -0.395. The van der Waals surface area contributed by atoms with Gasteiger partial charge in [-0.2, -0.15) is 4.39 Å². The standard InChI is InChI=1S/C12H15FN2O5/c1-6-3-10(15(19)20)9(13)4-8(6)12(18)11(17)5-14-7(2)16/h3-4,11-12,17-18H,5H2,1-2H3,(H,14,16). The Labute approximate surface area is 114 Å². The van der Waals surface area contributed by atoms with E-state index in [0.29, 0.717) is 0 Å². The van der Waals surface area contributed by atoms with Gasteiger partial charge >= 0.3 is 5.69 Å². The van der Waals surface area contributed by atoms with Crippen LogP contribution in [0.2, 0.25) is 0 Å². The van der Waals surface area contributed by atoms with Crippen LogP contribution >= 0.6 is 0 Å². The van der Waals surface area contributed by atoms with E-state index in [1.54, 1.807) is 0 Å². The van der Waals surface area contributed by atoms with Crippen molar-refractivity contribution in [1.29, 1.82) is 0 Å². The Morgan fingerprint density at radius 1 is 1.50 bits per heavy atom. The molecule has 1 rings (SSSR count). The van der Waals surface area contributed by atoms with Gasteiger partial charge in [-0.1, -0.05) is 0 Å². The van der Waals surface area contributed by atoms with Crippen molar-refractivity contribution in [2.75, 3.05) is 6.54 Å². The number of benzene rings is 1. The van der Waals surface area contributed by atoms with E-state index in [1.165, 1.54) is 13.8 Å². The topological polar surface area (TPSA) is 113 Å². The minimum Gasteiger partial charge on any atom is -0.388 e. The summed E-state index contributed by atoms with van der Waals surface area (Å²) in [7, 11) is 0. The van der Waals surface area contributed by atoms with E-state index in [1.807, 2.05) is 0 Å². The molecular formula is C12H15FN2O5. The van der Waals surface area contributed by atoms with Crippen LogP contribution in [0.15, 0.2) is 12.1 Å². The van der Waals surface area contributed by atoms with Gasteiger partial charge in [-0.25, -0.2) is 0 Å². The first-order chi connectivity index (χ1) is 9.23. The van der Waals surface area contributed by atoms with Gasteiger partial charge in [-0.05, 0) is 24.1 Å². The van der Waals surface area contributed by atoms with Crippen LogP contribution in [0.5, 0.6) is 0 Å². The van der Waals surface area contributed by atoms with Gasteiger partial charge in [0.05, 0.1) is 4.92 Å². The number of nitrogens with zero attached hydrogens (tertiary/aromatic N) is 1. The number of aliphatic hydroxyl groups is 2. The number of amides is 1. The van der Waals surface area contributed by atoms with Crippen LogP contribution in [0.4, 0.5) is 10.1 Å². The smallest absolute Gasteiger partial charge is 0.305 e. The molecule has 7 nitrogen and oxygen atoms in total. The number of nitro benzene ring substituents is 1. The van der Waals surface area contributed by atoms with Crippen LogP contribution in [0.1, 0.15) is 24.2 Å². The van der Waals surface area contributed by atoms with Crippen LogP contribution in [-0.4, -0.2) is 33.7 Å². The fraction of sp³-hybridized carbons (Fsp3) is 0.417. The highest BCUT2D eigenvalue weighted by Crippen LogP contribution is 2.27. The Bertz CT molecular complexity index is 535. The van der Waals surface area contributed by atoms with Gasteiger partial charge in [0.2, 0.25) is 11.7 Å². The summed E-state index contributed by atoms with van der Waals surface area (Å²) in [6, 6.07) is 1.80. The molecule has 110 valence electrons. The minimum atomic E-state index is -1.46. The summed E-state index contributed by atoms with van der Waals surface area (Å²) in [6.07, 6.45) is -2.81. The zero-order valence-corrected chi connectivity index (χ0v) is 11.0. The molecule has 20 heavy (non-hydrogen) atoms. The van der Waals surface area contributed by atoms with Gasteiger partial charge in [0.15, 0.2) is 0 Å². The Morgan fingerprint density at radius 2 is 2.10 bits per heavy atom. The third-order valence-electron chi connectivity index (χ3n) is 2.78. The van der Waals surface area contributed by atoms with Crippen molar-refractivity contribution in [3.8, 4) is 0 Å². The zero-order valence-electron chi connectivity index (χ0n) is 11.0. The van der Waals surface area contributed by atoms with E-state index < -0.39 is 28.6 Å². The highest BCUT2D eigenvalue weighted by molar-refractivity contribution is 5.72. The number of aryl methyl sites for hydroxylation is 1. The van der Waals surface area contributed by atoms with Crippen LogP contribution < -0.4 is 5.32 Å². The van der Waals surface area contributed by atoms with Crippen LogP contribution in [0.3, 0.4) is 0 Å². The predicted molar refractivity (Wildman–Crippen MR) is 67.4 cm³/mol. The average molecular weight is 286 g/mol. The second-order valence-corrected chi connectivity index (χ2v) is 4.37. The summed E-state index contributed by atoms with van der Waals surface area (Å²) in [4.78, 5) is 20.4. The van der Waals surface area contributed by atoms with E-state index in [4.69, 9.17) is 0 Å². The third-order valence-corrected chi connectivity index (χ3v) is 2.78. The van der Waals surface area contributed by atoms with E-state index >= 15 is 0 Å². The van der Waals surface area contributed by atoms with Crippen LogP contribution in [-0.2, 0) is 4.79 Å². The molecule has 1 aromatic carbocycles.